The van der Waals surface area contributed by atoms with Crippen molar-refractivity contribution in [2.24, 2.45) is 0 Å². The van der Waals surface area contributed by atoms with Gasteiger partial charge in [-0.15, -0.1) is 0 Å². The molecule has 0 heterocycles. The van der Waals surface area contributed by atoms with E-state index in [1.54, 1.807) is 0 Å². The molecule has 3 rings (SSSR count). The van der Waals surface area contributed by atoms with Crippen LogP contribution in [0.2, 0.25) is 0 Å². The largest absolute Gasteiger partial charge is 0.465 e. The number of rotatable bonds is 4. The summed E-state index contributed by atoms with van der Waals surface area (Å²) in [6.07, 6.45) is 4.39. The lowest BCUT2D eigenvalue weighted by Gasteiger charge is -2.17. The third-order valence-corrected chi connectivity index (χ3v) is 4.53. The molecule has 1 aliphatic rings. The zero-order valence-corrected chi connectivity index (χ0v) is 13.5. The van der Waals surface area contributed by atoms with Gasteiger partial charge in [-0.05, 0) is 54.5 Å². The van der Waals surface area contributed by atoms with Gasteiger partial charge >= 0.3 is 5.97 Å². The topological polar surface area (TPSA) is 38.3 Å². The van der Waals surface area contributed by atoms with Crippen LogP contribution in [0.5, 0.6) is 0 Å². The summed E-state index contributed by atoms with van der Waals surface area (Å²) in [6.45, 7) is 0.886. The minimum atomic E-state index is -0.258. The standard InChI is InChI=1S/C20H23NO2/c1-23-20(22)17-11-10-16-8-5-9-19(13-18(16)12-17)21-14-15-6-3-2-4-7-15/h2-4,6-7,10-12,19,21H,5,8-9,13-14H2,1H3. The number of carbonyl (C=O) groups is 1. The third kappa shape index (κ3) is 3.99. The van der Waals surface area contributed by atoms with Gasteiger partial charge in [0.1, 0.15) is 0 Å². The molecule has 2 aromatic rings. The van der Waals surface area contributed by atoms with E-state index in [1.165, 1.54) is 30.2 Å². The van der Waals surface area contributed by atoms with Crippen LogP contribution in [-0.4, -0.2) is 19.1 Å². The molecule has 120 valence electrons. The molecule has 0 saturated heterocycles. The van der Waals surface area contributed by atoms with Crippen LogP contribution in [-0.2, 0) is 24.1 Å². The Labute approximate surface area is 137 Å². The first kappa shape index (κ1) is 15.8. The number of methoxy groups -OCH3 is 1. The zero-order valence-electron chi connectivity index (χ0n) is 13.5. The molecule has 0 radical (unpaired) electrons. The van der Waals surface area contributed by atoms with E-state index in [1.807, 2.05) is 18.2 Å². The normalized spacial score (nSPS) is 17.2. The second-order valence-corrected chi connectivity index (χ2v) is 6.13. The minimum absolute atomic E-state index is 0.258. The van der Waals surface area contributed by atoms with Gasteiger partial charge in [-0.3, -0.25) is 0 Å². The summed E-state index contributed by atoms with van der Waals surface area (Å²) >= 11 is 0. The van der Waals surface area contributed by atoms with Crippen molar-refractivity contribution in [3.63, 3.8) is 0 Å². The molecule has 0 fully saturated rings. The summed E-state index contributed by atoms with van der Waals surface area (Å²) in [5.74, 6) is -0.258. The maximum Gasteiger partial charge on any atom is 0.337 e. The van der Waals surface area contributed by atoms with Crippen LogP contribution in [0.15, 0.2) is 48.5 Å². The summed E-state index contributed by atoms with van der Waals surface area (Å²) < 4.78 is 4.84. The Bertz CT molecular complexity index is 667. The number of fused-ring (bicyclic) bond motifs is 1. The van der Waals surface area contributed by atoms with Gasteiger partial charge in [0.05, 0.1) is 12.7 Å². The van der Waals surface area contributed by atoms with Crippen LogP contribution < -0.4 is 5.32 Å². The predicted octanol–water partition coefficient (Wildman–Crippen LogP) is 3.51. The van der Waals surface area contributed by atoms with E-state index in [-0.39, 0.29) is 5.97 Å². The Hall–Kier alpha value is -2.13. The molecule has 1 unspecified atom stereocenters. The first-order chi connectivity index (χ1) is 11.3. The van der Waals surface area contributed by atoms with Crippen LogP contribution in [0.1, 0.15) is 39.9 Å². The fraction of sp³-hybridized carbons (Fsp3) is 0.350. The van der Waals surface area contributed by atoms with Gasteiger partial charge in [-0.1, -0.05) is 36.4 Å². The van der Waals surface area contributed by atoms with Crippen LogP contribution in [0.25, 0.3) is 0 Å². The van der Waals surface area contributed by atoms with Crippen LogP contribution in [0.3, 0.4) is 0 Å². The summed E-state index contributed by atoms with van der Waals surface area (Å²) in [5, 5.41) is 3.67. The van der Waals surface area contributed by atoms with Gasteiger partial charge in [-0.25, -0.2) is 4.79 Å². The van der Waals surface area contributed by atoms with Crippen LogP contribution in [0.4, 0.5) is 0 Å². The highest BCUT2D eigenvalue weighted by Gasteiger charge is 2.18. The number of carbonyl (C=O) groups excluding carboxylic acids is 1. The molecule has 0 aromatic heterocycles. The second kappa shape index (κ2) is 7.42. The van der Waals surface area contributed by atoms with Gasteiger partial charge in [-0.2, -0.15) is 0 Å². The Morgan fingerprint density at radius 1 is 1.17 bits per heavy atom. The number of benzene rings is 2. The van der Waals surface area contributed by atoms with Crippen molar-refractivity contribution in [1.82, 2.24) is 5.32 Å². The highest BCUT2D eigenvalue weighted by molar-refractivity contribution is 5.89. The molecule has 2 aromatic carbocycles. The smallest absolute Gasteiger partial charge is 0.337 e. The Morgan fingerprint density at radius 3 is 2.78 bits per heavy atom. The van der Waals surface area contributed by atoms with Gasteiger partial charge in [0, 0.05) is 12.6 Å². The third-order valence-electron chi connectivity index (χ3n) is 4.53. The van der Waals surface area contributed by atoms with E-state index < -0.39 is 0 Å². The summed E-state index contributed by atoms with van der Waals surface area (Å²) in [5.41, 5.74) is 4.59. The van der Waals surface area contributed by atoms with Crippen molar-refractivity contribution < 1.29 is 9.53 Å². The van der Waals surface area contributed by atoms with Crippen LogP contribution in [0, 0.1) is 0 Å². The maximum atomic E-state index is 11.7. The Morgan fingerprint density at radius 2 is 2.00 bits per heavy atom. The lowest BCUT2D eigenvalue weighted by molar-refractivity contribution is 0.0600. The van der Waals surface area contributed by atoms with Crippen molar-refractivity contribution in [1.29, 1.82) is 0 Å². The number of hydrogen-bond donors (Lipinski definition) is 1. The van der Waals surface area contributed by atoms with Gasteiger partial charge in [0.25, 0.3) is 0 Å². The molecular weight excluding hydrogens is 286 g/mol. The fourth-order valence-corrected chi connectivity index (χ4v) is 3.24. The predicted molar refractivity (Wildman–Crippen MR) is 91.5 cm³/mol. The highest BCUT2D eigenvalue weighted by Crippen LogP contribution is 2.23. The van der Waals surface area contributed by atoms with E-state index in [2.05, 4.69) is 35.6 Å². The molecule has 1 aliphatic carbocycles. The Balaban J connectivity index is 1.70. The number of hydrogen-bond acceptors (Lipinski definition) is 3. The number of ether oxygens (including phenoxy) is 1. The SMILES string of the molecule is COC(=O)c1ccc2c(c1)CC(NCc1ccccc1)CCC2. The molecule has 0 aliphatic heterocycles. The maximum absolute atomic E-state index is 11.7. The zero-order chi connectivity index (χ0) is 16.1. The first-order valence-electron chi connectivity index (χ1n) is 8.23. The lowest BCUT2D eigenvalue weighted by Crippen LogP contribution is -2.30. The first-order valence-corrected chi connectivity index (χ1v) is 8.23. The van der Waals surface area contributed by atoms with Gasteiger partial charge in [0.15, 0.2) is 0 Å². The minimum Gasteiger partial charge on any atom is -0.465 e. The van der Waals surface area contributed by atoms with Crippen molar-refractivity contribution in [2.75, 3.05) is 7.11 Å². The average molecular weight is 309 g/mol. The van der Waals surface area contributed by atoms with E-state index in [4.69, 9.17) is 4.74 Å². The fourth-order valence-electron chi connectivity index (χ4n) is 3.24. The van der Waals surface area contributed by atoms with E-state index >= 15 is 0 Å². The molecule has 23 heavy (non-hydrogen) atoms. The summed E-state index contributed by atoms with van der Waals surface area (Å²) in [6, 6.07) is 16.9. The summed E-state index contributed by atoms with van der Waals surface area (Å²) in [7, 11) is 1.43. The average Bonchev–Trinajstić information content (AvgIpc) is 2.81. The molecule has 1 N–H and O–H groups in total. The molecule has 1 atom stereocenters. The van der Waals surface area contributed by atoms with E-state index in [0.29, 0.717) is 11.6 Å². The Kier molecular flexibility index (Phi) is 5.09. The molecule has 3 heteroatoms. The lowest BCUT2D eigenvalue weighted by atomic mass is 9.99. The number of nitrogens with one attached hydrogen (secondary N) is 1. The van der Waals surface area contributed by atoms with Crippen molar-refractivity contribution in [3.05, 3.63) is 70.8 Å². The monoisotopic (exact) mass is 309 g/mol. The molecule has 0 saturated carbocycles. The molecule has 0 spiro atoms. The molecule has 3 nitrogen and oxygen atoms in total. The molecule has 0 amide bonds. The number of esters is 1. The molecular formula is C20H23NO2. The van der Waals surface area contributed by atoms with E-state index in [0.717, 1.165) is 25.8 Å². The quantitative estimate of drug-likeness (QED) is 0.694. The highest BCUT2D eigenvalue weighted by atomic mass is 16.5. The van der Waals surface area contributed by atoms with Crippen molar-refractivity contribution in [2.45, 2.75) is 38.3 Å². The van der Waals surface area contributed by atoms with E-state index in [9.17, 15) is 4.79 Å². The van der Waals surface area contributed by atoms with Gasteiger partial charge in [0.2, 0.25) is 0 Å². The summed E-state index contributed by atoms with van der Waals surface area (Å²) in [4.78, 5) is 11.7. The van der Waals surface area contributed by atoms with Crippen molar-refractivity contribution >= 4 is 5.97 Å². The van der Waals surface area contributed by atoms with Gasteiger partial charge < -0.3 is 10.1 Å². The van der Waals surface area contributed by atoms with Crippen LogP contribution >= 0.6 is 0 Å². The molecule has 0 bridgehead atoms. The second-order valence-electron chi connectivity index (χ2n) is 6.13. The van der Waals surface area contributed by atoms with Crippen molar-refractivity contribution in [3.8, 4) is 0 Å². The number of aryl methyl sites for hydroxylation is 1.